The van der Waals surface area contributed by atoms with Crippen LogP contribution in [0.2, 0.25) is 0 Å². The molecule has 4 fully saturated rings. The van der Waals surface area contributed by atoms with Crippen LogP contribution in [-0.4, -0.2) is 66.3 Å². The normalized spacial score (nSPS) is 51.4. The number of ketones is 2. The van der Waals surface area contributed by atoms with Crippen molar-refractivity contribution in [3.63, 3.8) is 0 Å². The van der Waals surface area contributed by atoms with Crippen molar-refractivity contribution < 1.29 is 37.7 Å². The Kier molecular flexibility index (Phi) is 5.53. The zero-order chi connectivity index (χ0) is 24.7. The van der Waals surface area contributed by atoms with E-state index in [2.05, 4.69) is 0 Å². The molecule has 8 unspecified atom stereocenters. The Morgan fingerprint density at radius 1 is 1.29 bits per heavy atom. The van der Waals surface area contributed by atoms with Crippen molar-refractivity contribution in [2.45, 2.75) is 88.8 Å². The van der Waals surface area contributed by atoms with Gasteiger partial charge >= 0.3 is 0 Å². The molecule has 1 saturated heterocycles. The number of alkyl halides is 2. The van der Waals surface area contributed by atoms with E-state index in [-0.39, 0.29) is 24.2 Å². The van der Waals surface area contributed by atoms with Crippen molar-refractivity contribution in [2.24, 2.45) is 22.7 Å². The molecule has 5 aliphatic rings. The van der Waals surface area contributed by atoms with Crippen LogP contribution in [0.25, 0.3) is 0 Å². The Bertz CT molecular complexity index is 965. The summed E-state index contributed by atoms with van der Waals surface area (Å²) < 4.78 is 51.5. The summed E-state index contributed by atoms with van der Waals surface area (Å²) in [5.41, 5.74) is -5.57. The van der Waals surface area contributed by atoms with Crippen molar-refractivity contribution in [1.82, 2.24) is 0 Å². The molecule has 6 nitrogen and oxygen atoms in total. The number of allylic oxidation sites excluding steroid dienone is 4. The number of ether oxygens (including phenoxy) is 3. The molecule has 1 heterocycles. The monoisotopic (exact) mass is 480 g/mol. The molecular formula is C26H34F2O6. The topological polar surface area (TPSA) is 82.1 Å². The summed E-state index contributed by atoms with van der Waals surface area (Å²) in [6.45, 7) is 4.80. The minimum atomic E-state index is -2.00. The van der Waals surface area contributed by atoms with Crippen LogP contribution in [0.4, 0.5) is 8.78 Å². The van der Waals surface area contributed by atoms with Crippen LogP contribution in [-0.2, 0) is 23.8 Å². The lowest BCUT2D eigenvalue weighted by molar-refractivity contribution is -0.240. The van der Waals surface area contributed by atoms with E-state index >= 15 is 8.78 Å². The second kappa shape index (κ2) is 7.76. The number of hydrogen-bond donors (Lipinski definition) is 1. The number of rotatable bonds is 5. The third-order valence-electron chi connectivity index (χ3n) is 9.76. The summed E-state index contributed by atoms with van der Waals surface area (Å²) in [7, 11) is 1.43. The summed E-state index contributed by atoms with van der Waals surface area (Å²) in [5, 5.41) is 9.93. The van der Waals surface area contributed by atoms with Crippen molar-refractivity contribution >= 4 is 11.6 Å². The lowest BCUT2D eigenvalue weighted by Gasteiger charge is -2.63. The first-order chi connectivity index (χ1) is 16.0. The van der Waals surface area contributed by atoms with E-state index in [1.165, 1.54) is 25.3 Å². The molecule has 188 valence electrons. The lowest BCUT2D eigenvalue weighted by Crippen LogP contribution is -2.71. The van der Waals surface area contributed by atoms with Gasteiger partial charge in [-0.05, 0) is 56.3 Å². The fourth-order valence-corrected chi connectivity index (χ4v) is 8.22. The fourth-order valence-electron chi connectivity index (χ4n) is 8.22. The van der Waals surface area contributed by atoms with Gasteiger partial charge in [-0.1, -0.05) is 26.3 Å². The van der Waals surface area contributed by atoms with Crippen LogP contribution in [0.15, 0.2) is 23.8 Å². The first-order valence-electron chi connectivity index (χ1n) is 12.3. The number of carbonyl (C=O) groups is 2. The number of carbonyl (C=O) groups excluding carboxylic acids is 2. The van der Waals surface area contributed by atoms with Gasteiger partial charge in [0, 0.05) is 23.9 Å². The summed E-state index contributed by atoms with van der Waals surface area (Å²) in [4.78, 5) is 25.4. The predicted molar refractivity (Wildman–Crippen MR) is 118 cm³/mol. The number of hydrogen-bond acceptors (Lipinski definition) is 6. The van der Waals surface area contributed by atoms with Gasteiger partial charge in [0.05, 0.1) is 12.2 Å². The van der Waals surface area contributed by atoms with Crippen LogP contribution in [0.3, 0.4) is 0 Å². The average molecular weight is 481 g/mol. The number of halogens is 2. The molecule has 8 heteroatoms. The highest BCUT2D eigenvalue weighted by atomic mass is 19.1. The lowest BCUT2D eigenvalue weighted by atomic mass is 9.44. The summed E-state index contributed by atoms with van der Waals surface area (Å²) in [5.74, 6) is -2.06. The molecule has 0 aromatic carbocycles. The van der Waals surface area contributed by atoms with E-state index in [4.69, 9.17) is 14.2 Å². The largest absolute Gasteiger partial charge is 0.388 e. The third-order valence-corrected chi connectivity index (χ3v) is 9.76. The zero-order valence-corrected chi connectivity index (χ0v) is 20.2. The van der Waals surface area contributed by atoms with Gasteiger partial charge in [0.25, 0.3) is 0 Å². The highest BCUT2D eigenvalue weighted by molar-refractivity contribution is 6.01. The van der Waals surface area contributed by atoms with Crippen LogP contribution in [0.1, 0.15) is 52.9 Å². The quantitative estimate of drug-likeness (QED) is 0.650. The minimum absolute atomic E-state index is 0.117. The Morgan fingerprint density at radius 2 is 2.03 bits per heavy atom. The maximum absolute atomic E-state index is 17.6. The van der Waals surface area contributed by atoms with Crippen molar-refractivity contribution in [3.8, 4) is 0 Å². The van der Waals surface area contributed by atoms with Gasteiger partial charge in [0.1, 0.15) is 12.8 Å². The predicted octanol–water partition coefficient (Wildman–Crippen LogP) is 3.41. The van der Waals surface area contributed by atoms with E-state index in [0.29, 0.717) is 12.8 Å². The van der Waals surface area contributed by atoms with Crippen LogP contribution in [0, 0.1) is 22.7 Å². The molecule has 5 rings (SSSR count). The maximum Gasteiger partial charge on any atom is 0.193 e. The van der Waals surface area contributed by atoms with Crippen molar-refractivity contribution in [3.05, 3.63) is 23.8 Å². The van der Waals surface area contributed by atoms with E-state index in [9.17, 15) is 14.7 Å². The Balaban J connectivity index is 1.64. The highest BCUT2D eigenvalue weighted by Gasteiger charge is 2.80. The molecule has 4 aliphatic carbocycles. The molecule has 0 bridgehead atoms. The van der Waals surface area contributed by atoms with E-state index in [1.54, 1.807) is 6.92 Å². The van der Waals surface area contributed by atoms with E-state index < -0.39 is 71.0 Å². The first kappa shape index (κ1) is 24.2. The SMILES string of the molecule is CCCC1OC2CC3C4C[C@H](F)C5=CC(=O)C=CC5(C)[C@@]4(F)C(OC)CC3(C)C2(C(=O)CO)O1. The molecule has 3 saturated carbocycles. The number of fused-ring (bicyclic) bond motifs is 7. The number of aliphatic hydroxyl groups excluding tert-OH is 1. The van der Waals surface area contributed by atoms with Gasteiger partial charge in [-0.2, -0.15) is 0 Å². The summed E-state index contributed by atoms with van der Waals surface area (Å²) in [6.07, 6.45) is 2.07. The second-order valence-electron chi connectivity index (χ2n) is 11.1. The molecular weight excluding hydrogens is 446 g/mol. The zero-order valence-electron chi connectivity index (χ0n) is 20.2. The number of methoxy groups -OCH3 is 1. The van der Waals surface area contributed by atoms with Gasteiger partial charge in [0.2, 0.25) is 0 Å². The number of Topliss-reactive ketones (excluding diaryl/α,β-unsaturated/α-hetero) is 1. The maximum atomic E-state index is 17.6. The Labute approximate surface area is 198 Å². The van der Waals surface area contributed by atoms with E-state index in [1.807, 2.05) is 13.8 Å². The minimum Gasteiger partial charge on any atom is -0.388 e. The van der Waals surface area contributed by atoms with Crippen molar-refractivity contribution in [1.29, 1.82) is 0 Å². The third kappa shape index (κ3) is 2.69. The Hall–Kier alpha value is -1.48. The van der Waals surface area contributed by atoms with Gasteiger partial charge in [-0.25, -0.2) is 8.78 Å². The molecule has 1 aliphatic heterocycles. The van der Waals surface area contributed by atoms with Gasteiger partial charge in [-0.3, -0.25) is 9.59 Å². The molecule has 10 atom stereocenters. The van der Waals surface area contributed by atoms with Gasteiger partial charge in [0.15, 0.2) is 29.1 Å². The Morgan fingerprint density at radius 3 is 2.68 bits per heavy atom. The summed E-state index contributed by atoms with van der Waals surface area (Å²) in [6, 6.07) is 0. The molecule has 0 aromatic heterocycles. The molecule has 0 amide bonds. The molecule has 0 radical (unpaired) electrons. The highest BCUT2D eigenvalue weighted by Crippen LogP contribution is 2.72. The fraction of sp³-hybridized carbons (Fsp3) is 0.769. The molecule has 1 N–H and O–H groups in total. The second-order valence-corrected chi connectivity index (χ2v) is 11.1. The molecule has 34 heavy (non-hydrogen) atoms. The van der Waals surface area contributed by atoms with E-state index in [0.717, 1.165) is 6.42 Å². The van der Waals surface area contributed by atoms with Gasteiger partial charge < -0.3 is 19.3 Å². The standard InChI is InChI=1S/C26H34F2O6/c1-5-6-22-33-20-11-15-16-10-18(27)17-9-14(30)7-8-23(17,2)25(16,28)21(32-4)12-24(15,3)26(20,34-22)19(31)13-29/h7-9,15-16,18,20-22,29H,5-6,10-13H2,1-4H3/t15?,16?,18-,20?,21?,22?,23?,24?,25-,26?/m0/s1. The summed E-state index contributed by atoms with van der Waals surface area (Å²) >= 11 is 0. The number of aliphatic hydroxyl groups is 1. The van der Waals surface area contributed by atoms with Crippen molar-refractivity contribution in [2.75, 3.05) is 13.7 Å². The molecule has 0 spiro atoms. The molecule has 0 aromatic rings. The van der Waals surface area contributed by atoms with Crippen LogP contribution >= 0.6 is 0 Å². The first-order valence-corrected chi connectivity index (χ1v) is 12.3. The average Bonchev–Trinajstić information content (AvgIpc) is 3.28. The van der Waals surface area contributed by atoms with Crippen LogP contribution < -0.4 is 0 Å². The van der Waals surface area contributed by atoms with Gasteiger partial charge in [-0.15, -0.1) is 0 Å². The smallest absolute Gasteiger partial charge is 0.193 e. The van der Waals surface area contributed by atoms with Crippen LogP contribution in [0.5, 0.6) is 0 Å².